The molecule has 2 aromatic rings. The van der Waals surface area contributed by atoms with Crippen molar-refractivity contribution in [3.05, 3.63) is 53.5 Å². The number of rotatable bonds is 4. The summed E-state index contributed by atoms with van der Waals surface area (Å²) < 4.78 is 32.8. The first-order valence-corrected chi connectivity index (χ1v) is 8.72. The van der Waals surface area contributed by atoms with Crippen molar-refractivity contribution in [3.8, 4) is 0 Å². The zero-order valence-electron chi connectivity index (χ0n) is 12.0. The van der Waals surface area contributed by atoms with Crippen LogP contribution >= 0.6 is 0 Å². The second-order valence-electron chi connectivity index (χ2n) is 5.50. The van der Waals surface area contributed by atoms with Gasteiger partial charge in [-0.3, -0.25) is 0 Å². The molecule has 1 aromatic heterocycles. The third kappa shape index (κ3) is 3.04. The predicted octanol–water partition coefficient (Wildman–Crippen LogP) is 3.20. The van der Waals surface area contributed by atoms with Gasteiger partial charge in [0.15, 0.2) is 0 Å². The number of furan rings is 1. The topological polar surface area (TPSA) is 59.3 Å². The molecule has 1 atom stereocenters. The number of hydrogen-bond acceptors (Lipinski definition) is 3. The van der Waals surface area contributed by atoms with E-state index in [0.717, 1.165) is 24.8 Å². The molecule has 0 saturated heterocycles. The highest BCUT2D eigenvalue weighted by molar-refractivity contribution is 7.89. The van der Waals surface area contributed by atoms with Crippen molar-refractivity contribution in [3.63, 3.8) is 0 Å². The van der Waals surface area contributed by atoms with E-state index in [2.05, 4.69) is 4.72 Å². The number of fused-ring (bicyclic) bond motifs is 1. The average molecular weight is 305 g/mol. The van der Waals surface area contributed by atoms with Crippen molar-refractivity contribution < 1.29 is 12.8 Å². The van der Waals surface area contributed by atoms with Crippen LogP contribution in [0.5, 0.6) is 0 Å². The Labute approximate surface area is 125 Å². The number of nitrogens with one attached hydrogen (secondary N) is 1. The summed E-state index contributed by atoms with van der Waals surface area (Å²) in [6.07, 6.45) is 5.87. The Morgan fingerprint density at radius 1 is 1.14 bits per heavy atom. The quantitative estimate of drug-likeness (QED) is 0.943. The Hall–Kier alpha value is -1.59. The van der Waals surface area contributed by atoms with Crippen LogP contribution in [0.3, 0.4) is 0 Å². The van der Waals surface area contributed by atoms with Crippen molar-refractivity contribution in [1.29, 1.82) is 0 Å². The monoisotopic (exact) mass is 305 g/mol. The molecule has 5 heteroatoms. The fraction of sp³-hybridized carbons (Fsp3) is 0.375. The molecule has 0 aliphatic heterocycles. The van der Waals surface area contributed by atoms with Gasteiger partial charge in [-0.15, -0.1) is 0 Å². The smallest absolute Gasteiger partial charge is 0.241 e. The van der Waals surface area contributed by atoms with Crippen molar-refractivity contribution in [2.24, 2.45) is 0 Å². The lowest BCUT2D eigenvalue weighted by Gasteiger charge is -2.17. The highest BCUT2D eigenvalue weighted by atomic mass is 32.2. The molecular weight excluding hydrogens is 286 g/mol. The molecular formula is C16H19NO3S. The van der Waals surface area contributed by atoms with Crippen molar-refractivity contribution in [2.75, 3.05) is 0 Å². The maximum absolute atomic E-state index is 12.5. The van der Waals surface area contributed by atoms with E-state index in [4.69, 9.17) is 4.42 Å². The van der Waals surface area contributed by atoms with Crippen molar-refractivity contribution in [1.82, 2.24) is 4.72 Å². The zero-order valence-corrected chi connectivity index (χ0v) is 12.8. The molecule has 1 N–H and O–H groups in total. The number of benzene rings is 1. The Bertz CT molecular complexity index is 720. The first-order chi connectivity index (χ1) is 10.1. The molecule has 3 rings (SSSR count). The number of sulfonamides is 1. The Balaban J connectivity index is 1.84. The van der Waals surface area contributed by atoms with Crippen LogP contribution in [0.25, 0.3) is 0 Å². The normalized spacial score (nSPS) is 16.4. The van der Waals surface area contributed by atoms with Gasteiger partial charge < -0.3 is 4.42 Å². The largest absolute Gasteiger partial charge is 0.468 e. The molecule has 0 bridgehead atoms. The van der Waals surface area contributed by atoms with Crippen molar-refractivity contribution in [2.45, 2.75) is 43.5 Å². The molecule has 1 unspecified atom stereocenters. The summed E-state index contributed by atoms with van der Waals surface area (Å²) in [4.78, 5) is 0.335. The van der Waals surface area contributed by atoms with E-state index < -0.39 is 10.0 Å². The highest BCUT2D eigenvalue weighted by Crippen LogP contribution is 2.25. The second-order valence-corrected chi connectivity index (χ2v) is 7.21. The lowest BCUT2D eigenvalue weighted by atomic mass is 9.92. The Morgan fingerprint density at radius 3 is 2.62 bits per heavy atom. The van der Waals surface area contributed by atoms with E-state index in [-0.39, 0.29) is 6.04 Å². The van der Waals surface area contributed by atoms with E-state index in [1.165, 1.54) is 12.0 Å². The fourth-order valence-electron chi connectivity index (χ4n) is 2.77. The fourth-order valence-corrected chi connectivity index (χ4v) is 4.04. The van der Waals surface area contributed by atoms with Crippen LogP contribution < -0.4 is 4.72 Å². The van der Waals surface area contributed by atoms with Crippen LogP contribution in [-0.4, -0.2) is 8.42 Å². The summed E-state index contributed by atoms with van der Waals surface area (Å²) in [5.41, 5.74) is 2.44. The molecule has 1 aliphatic rings. The lowest BCUT2D eigenvalue weighted by molar-refractivity contribution is 0.459. The second kappa shape index (κ2) is 5.66. The van der Waals surface area contributed by atoms with Gasteiger partial charge in [0.1, 0.15) is 5.76 Å². The van der Waals surface area contributed by atoms with Crippen LogP contribution in [0.4, 0.5) is 0 Å². The van der Waals surface area contributed by atoms with Gasteiger partial charge in [-0.05, 0) is 68.0 Å². The highest BCUT2D eigenvalue weighted by Gasteiger charge is 2.21. The minimum absolute atomic E-state index is 0.335. The molecule has 1 aromatic carbocycles. The van der Waals surface area contributed by atoms with Crippen molar-refractivity contribution >= 4 is 10.0 Å². The minimum atomic E-state index is -3.53. The SMILES string of the molecule is CC(NS(=O)(=O)c1ccc2c(c1)CCCC2)c1ccco1. The van der Waals surface area contributed by atoms with E-state index >= 15 is 0 Å². The molecule has 1 aliphatic carbocycles. The summed E-state index contributed by atoms with van der Waals surface area (Å²) in [5, 5.41) is 0. The van der Waals surface area contributed by atoms with E-state index in [1.807, 2.05) is 12.1 Å². The number of aryl methyl sites for hydroxylation is 2. The lowest BCUT2D eigenvalue weighted by Crippen LogP contribution is -2.27. The van der Waals surface area contributed by atoms with Crippen LogP contribution in [0, 0.1) is 0 Å². The summed E-state index contributed by atoms with van der Waals surface area (Å²) in [5.74, 6) is 0.608. The first-order valence-electron chi connectivity index (χ1n) is 7.24. The minimum Gasteiger partial charge on any atom is -0.468 e. The van der Waals surface area contributed by atoms with Crippen LogP contribution in [0.15, 0.2) is 45.9 Å². The summed E-state index contributed by atoms with van der Waals surface area (Å²) in [7, 11) is -3.53. The molecule has 0 saturated carbocycles. The third-order valence-corrected chi connectivity index (χ3v) is 5.47. The number of hydrogen-bond donors (Lipinski definition) is 1. The molecule has 4 nitrogen and oxygen atoms in total. The molecule has 0 fully saturated rings. The maximum atomic E-state index is 12.5. The van der Waals surface area contributed by atoms with Crippen LogP contribution in [0.1, 0.15) is 42.7 Å². The van der Waals surface area contributed by atoms with Gasteiger partial charge in [-0.25, -0.2) is 13.1 Å². The molecule has 0 amide bonds. The van der Waals surface area contributed by atoms with Gasteiger partial charge in [-0.2, -0.15) is 0 Å². The maximum Gasteiger partial charge on any atom is 0.241 e. The van der Waals surface area contributed by atoms with Gasteiger partial charge in [0.25, 0.3) is 0 Å². The zero-order chi connectivity index (χ0) is 14.9. The molecule has 1 heterocycles. The van der Waals surface area contributed by atoms with E-state index in [9.17, 15) is 8.42 Å². The summed E-state index contributed by atoms with van der Waals surface area (Å²) in [6.45, 7) is 1.77. The standard InChI is InChI=1S/C16H19NO3S/c1-12(16-7-4-10-20-16)17-21(18,19)15-9-8-13-5-2-3-6-14(13)11-15/h4,7-12,17H,2-3,5-6H2,1H3. The van der Waals surface area contributed by atoms with Gasteiger partial charge >= 0.3 is 0 Å². The average Bonchev–Trinajstić information content (AvgIpc) is 3.00. The van der Waals surface area contributed by atoms with E-state index in [1.54, 1.807) is 31.4 Å². The van der Waals surface area contributed by atoms with Gasteiger partial charge in [0, 0.05) is 0 Å². The first kappa shape index (κ1) is 14.4. The Kier molecular flexibility index (Phi) is 3.87. The molecule has 0 spiro atoms. The van der Waals surface area contributed by atoms with Gasteiger partial charge in [0.2, 0.25) is 10.0 Å². The summed E-state index contributed by atoms with van der Waals surface area (Å²) >= 11 is 0. The molecule has 0 radical (unpaired) electrons. The third-order valence-electron chi connectivity index (χ3n) is 3.93. The molecule has 21 heavy (non-hydrogen) atoms. The molecule has 112 valence electrons. The van der Waals surface area contributed by atoms with Crippen LogP contribution in [0.2, 0.25) is 0 Å². The van der Waals surface area contributed by atoms with E-state index in [0.29, 0.717) is 10.7 Å². The Morgan fingerprint density at radius 2 is 1.90 bits per heavy atom. The van der Waals surface area contributed by atoms with Gasteiger partial charge in [0.05, 0.1) is 17.2 Å². The summed E-state index contributed by atoms with van der Waals surface area (Å²) in [6, 6.07) is 8.58. The predicted molar refractivity (Wildman–Crippen MR) is 80.5 cm³/mol. The van der Waals surface area contributed by atoms with Crippen LogP contribution in [-0.2, 0) is 22.9 Å². The van der Waals surface area contributed by atoms with Gasteiger partial charge in [-0.1, -0.05) is 6.07 Å².